The molecular formula is C6H8ClN4+. The average Bonchev–Trinajstić information content (AvgIpc) is 2.43. The molecule has 58 valence electrons. The number of nitrogens with zero attached hydrogens (tertiary/aromatic N) is 3. The quantitative estimate of drug-likeness (QED) is 0.559. The number of rotatable bonds is 0. The van der Waals surface area contributed by atoms with Crippen molar-refractivity contribution < 1.29 is 5.43 Å². The Morgan fingerprint density at radius 2 is 2.18 bits per heavy atom. The number of halogens is 1. The Labute approximate surface area is 68.8 Å². The number of hydrogen-bond acceptors (Lipinski definition) is 2. The first-order chi connectivity index (χ1) is 5.20. The lowest BCUT2D eigenvalue weighted by molar-refractivity contribution is -0.576. The monoisotopic (exact) mass is 171 g/mol. The molecule has 2 N–H and O–H groups in total. The summed E-state index contributed by atoms with van der Waals surface area (Å²) in [4.78, 5) is 0. The maximum atomic E-state index is 5.93. The van der Waals surface area contributed by atoms with Crippen LogP contribution in [0.4, 0.5) is 5.82 Å². The van der Waals surface area contributed by atoms with Crippen molar-refractivity contribution >= 4 is 23.3 Å². The van der Waals surface area contributed by atoms with Crippen molar-refractivity contribution in [2.24, 2.45) is 5.10 Å². The third kappa shape index (κ3) is 0.797. The summed E-state index contributed by atoms with van der Waals surface area (Å²) >= 11 is 5.93. The van der Waals surface area contributed by atoms with E-state index >= 15 is 0 Å². The zero-order valence-electron chi connectivity index (χ0n) is 6.30. The molecular weight excluding hydrogens is 164 g/mol. The number of aromatic nitrogens is 2. The van der Waals surface area contributed by atoms with Gasteiger partial charge in [-0.2, -0.15) is 15.2 Å². The van der Waals surface area contributed by atoms with Gasteiger partial charge in [-0.3, -0.25) is 0 Å². The second-order valence-electron chi connectivity index (χ2n) is 2.50. The third-order valence-corrected chi connectivity index (χ3v) is 2.17. The lowest BCUT2D eigenvalue weighted by Crippen LogP contribution is -2.69. The first-order valence-electron chi connectivity index (χ1n) is 3.33. The van der Waals surface area contributed by atoms with Gasteiger partial charge in [-0.15, -0.1) is 0 Å². The molecule has 0 atom stereocenters. The summed E-state index contributed by atoms with van der Waals surface area (Å²) < 4.78 is 1.75. The van der Waals surface area contributed by atoms with E-state index in [0.29, 0.717) is 5.02 Å². The standard InChI is InChI=1S/C6H7ClN4/c1-3-5(7)6-9-8-4(2)11(6)10-3/h9H,1-2H3/p+1. The van der Waals surface area contributed by atoms with E-state index in [4.69, 9.17) is 11.6 Å². The van der Waals surface area contributed by atoms with Crippen molar-refractivity contribution in [3.8, 4) is 0 Å². The van der Waals surface area contributed by atoms with Gasteiger partial charge >= 0.3 is 0 Å². The van der Waals surface area contributed by atoms with Crippen LogP contribution in [-0.2, 0) is 0 Å². The van der Waals surface area contributed by atoms with Crippen LogP contribution >= 0.6 is 11.6 Å². The maximum Gasteiger partial charge on any atom is 0.274 e. The highest BCUT2D eigenvalue weighted by Gasteiger charge is 2.23. The van der Waals surface area contributed by atoms with E-state index in [1.807, 2.05) is 13.8 Å². The first kappa shape index (κ1) is 6.82. The molecule has 0 saturated carbocycles. The van der Waals surface area contributed by atoms with Gasteiger partial charge in [0.2, 0.25) is 0 Å². The normalized spacial score (nSPS) is 15.0. The Balaban J connectivity index is 2.65. The number of quaternary nitrogens is 1. The van der Waals surface area contributed by atoms with Gasteiger partial charge in [0.05, 0.1) is 5.69 Å². The van der Waals surface area contributed by atoms with Gasteiger partial charge in [0.25, 0.3) is 5.82 Å². The number of aryl methyl sites for hydroxylation is 1. The molecule has 0 aliphatic carbocycles. The Morgan fingerprint density at radius 3 is 2.82 bits per heavy atom. The summed E-state index contributed by atoms with van der Waals surface area (Å²) in [5.74, 6) is 1.76. The number of nitrogens with two attached hydrogens (primary N) is 1. The van der Waals surface area contributed by atoms with Crippen LogP contribution in [0.2, 0.25) is 5.02 Å². The molecule has 1 aromatic rings. The van der Waals surface area contributed by atoms with Crippen molar-refractivity contribution in [2.75, 3.05) is 0 Å². The topological polar surface area (TPSA) is 46.8 Å². The average molecular weight is 172 g/mol. The fourth-order valence-corrected chi connectivity index (χ4v) is 1.26. The van der Waals surface area contributed by atoms with Crippen LogP contribution in [0.1, 0.15) is 12.6 Å². The number of hydrogen-bond donors (Lipinski definition) is 1. The number of fused-ring (bicyclic) bond motifs is 1. The molecule has 0 aromatic carbocycles. The van der Waals surface area contributed by atoms with Gasteiger partial charge in [-0.1, -0.05) is 16.7 Å². The van der Waals surface area contributed by atoms with Crippen molar-refractivity contribution in [1.29, 1.82) is 0 Å². The molecule has 0 bridgehead atoms. The zero-order valence-corrected chi connectivity index (χ0v) is 7.05. The van der Waals surface area contributed by atoms with Gasteiger partial charge in [-0.25, -0.2) is 0 Å². The molecule has 0 saturated heterocycles. The molecule has 5 heteroatoms. The summed E-state index contributed by atoms with van der Waals surface area (Å²) in [6.07, 6.45) is 0. The van der Waals surface area contributed by atoms with Gasteiger partial charge in [0, 0.05) is 6.92 Å². The van der Waals surface area contributed by atoms with Crippen LogP contribution in [0.25, 0.3) is 0 Å². The third-order valence-electron chi connectivity index (χ3n) is 1.70. The van der Waals surface area contributed by atoms with E-state index in [9.17, 15) is 0 Å². The summed E-state index contributed by atoms with van der Waals surface area (Å²) in [5.41, 5.74) is 2.59. The minimum absolute atomic E-state index is 0.700. The minimum atomic E-state index is 0.700. The highest BCUT2D eigenvalue weighted by atomic mass is 35.5. The SMILES string of the molecule is CC1=N[NH2+]c2c(Cl)c(C)nn21. The fraction of sp³-hybridized carbons (Fsp3) is 0.333. The van der Waals surface area contributed by atoms with Gasteiger partial charge < -0.3 is 0 Å². The zero-order chi connectivity index (χ0) is 8.01. The van der Waals surface area contributed by atoms with E-state index < -0.39 is 0 Å². The maximum absolute atomic E-state index is 5.93. The molecule has 0 amide bonds. The molecule has 0 fully saturated rings. The molecule has 11 heavy (non-hydrogen) atoms. The van der Waals surface area contributed by atoms with Crippen molar-refractivity contribution in [2.45, 2.75) is 13.8 Å². The van der Waals surface area contributed by atoms with Crippen LogP contribution in [0.5, 0.6) is 0 Å². The molecule has 2 rings (SSSR count). The van der Waals surface area contributed by atoms with Crippen molar-refractivity contribution in [3.05, 3.63) is 10.7 Å². The van der Waals surface area contributed by atoms with E-state index in [1.54, 1.807) is 10.1 Å². The Kier molecular flexibility index (Phi) is 1.27. The van der Waals surface area contributed by atoms with Crippen LogP contribution in [0, 0.1) is 6.92 Å². The summed E-state index contributed by atoms with van der Waals surface area (Å²) in [6.45, 7) is 3.78. The first-order valence-corrected chi connectivity index (χ1v) is 3.71. The predicted octanol–water partition coefficient (Wildman–Crippen LogP) is 0.235. The molecule has 1 aromatic heterocycles. The molecule has 0 spiro atoms. The smallest absolute Gasteiger partial charge is 0.169 e. The lowest BCUT2D eigenvalue weighted by atomic mass is 10.5. The van der Waals surface area contributed by atoms with Crippen LogP contribution in [-0.4, -0.2) is 15.6 Å². The van der Waals surface area contributed by atoms with Crippen LogP contribution < -0.4 is 5.43 Å². The van der Waals surface area contributed by atoms with E-state index in [2.05, 4.69) is 10.2 Å². The highest BCUT2D eigenvalue weighted by Crippen LogP contribution is 2.22. The highest BCUT2D eigenvalue weighted by molar-refractivity contribution is 6.33. The largest absolute Gasteiger partial charge is 0.274 e. The fourth-order valence-electron chi connectivity index (χ4n) is 1.09. The van der Waals surface area contributed by atoms with Gasteiger partial charge in [-0.05, 0) is 6.92 Å². The predicted molar refractivity (Wildman–Crippen MR) is 42.1 cm³/mol. The van der Waals surface area contributed by atoms with Crippen molar-refractivity contribution in [3.63, 3.8) is 0 Å². The second-order valence-corrected chi connectivity index (χ2v) is 2.88. The van der Waals surface area contributed by atoms with E-state index in [0.717, 1.165) is 17.3 Å². The molecule has 0 radical (unpaired) electrons. The molecule has 1 aliphatic heterocycles. The summed E-state index contributed by atoms with van der Waals surface area (Å²) in [6, 6.07) is 0. The van der Waals surface area contributed by atoms with E-state index in [-0.39, 0.29) is 0 Å². The van der Waals surface area contributed by atoms with E-state index in [1.165, 1.54) is 0 Å². The molecule has 0 unspecified atom stereocenters. The second kappa shape index (κ2) is 2.06. The van der Waals surface area contributed by atoms with Crippen LogP contribution in [0.3, 0.4) is 0 Å². The Bertz CT molecular complexity index is 339. The van der Waals surface area contributed by atoms with Gasteiger partial charge in [0.15, 0.2) is 5.84 Å². The Morgan fingerprint density at radius 1 is 1.45 bits per heavy atom. The lowest BCUT2D eigenvalue weighted by Gasteiger charge is -1.85. The Hall–Kier alpha value is -0.870. The van der Waals surface area contributed by atoms with Crippen LogP contribution in [0.15, 0.2) is 5.10 Å². The van der Waals surface area contributed by atoms with Crippen molar-refractivity contribution in [1.82, 2.24) is 9.78 Å². The minimum Gasteiger partial charge on any atom is -0.169 e. The molecule has 1 aliphatic rings. The summed E-state index contributed by atoms with van der Waals surface area (Å²) in [5, 5.41) is 8.97. The summed E-state index contributed by atoms with van der Waals surface area (Å²) in [7, 11) is 0. The molecule has 4 nitrogen and oxygen atoms in total. The van der Waals surface area contributed by atoms with Gasteiger partial charge in [0.1, 0.15) is 5.02 Å². The molecule has 2 heterocycles.